The van der Waals surface area contributed by atoms with E-state index in [4.69, 9.17) is 14.6 Å². The van der Waals surface area contributed by atoms with Gasteiger partial charge in [0.15, 0.2) is 0 Å². The fraction of sp³-hybridized carbons (Fsp3) is 0.0435. The Morgan fingerprint density at radius 2 is 1.71 bits per heavy atom. The number of aromatic carboxylic acids is 2. The van der Waals surface area contributed by atoms with Crippen molar-refractivity contribution >= 4 is 29.6 Å². The summed E-state index contributed by atoms with van der Waals surface area (Å²) in [6.45, 7) is 1.75. The van der Waals surface area contributed by atoms with Gasteiger partial charge in [0.05, 0.1) is 11.1 Å². The molecule has 0 aliphatic carbocycles. The quantitative estimate of drug-likeness (QED) is 0.404. The average molecular weight is 416 g/mol. The fourth-order valence-electron chi connectivity index (χ4n) is 2.87. The first-order chi connectivity index (χ1) is 14.8. The molecule has 0 saturated heterocycles. The first-order valence-electron chi connectivity index (χ1n) is 8.99. The maximum Gasteiger partial charge on any atom is 0.335 e. The number of benzene rings is 2. The van der Waals surface area contributed by atoms with E-state index in [1.807, 2.05) is 0 Å². The molecular formula is C23H16N2O6. The van der Waals surface area contributed by atoms with Crippen molar-refractivity contribution in [2.45, 2.75) is 6.92 Å². The zero-order chi connectivity index (χ0) is 22.5. The molecule has 8 nitrogen and oxygen atoms in total. The van der Waals surface area contributed by atoms with Crippen molar-refractivity contribution in [2.75, 3.05) is 5.32 Å². The standard InChI is InChI=1S/C23H16N2O6/c1-13-9-15(23(29)30)5-7-19(13)20-8-6-18(31-20)11-16(12-24)21(26)25-17-4-2-3-14(10-17)22(27)28/h2-11H,1H3,(H,25,26)(H,27,28)(H,29,30)/b16-11-. The first kappa shape index (κ1) is 21.1. The lowest BCUT2D eigenvalue weighted by atomic mass is 10.0. The molecule has 1 aromatic heterocycles. The fourth-order valence-corrected chi connectivity index (χ4v) is 2.87. The van der Waals surface area contributed by atoms with Crippen molar-refractivity contribution in [1.29, 1.82) is 5.26 Å². The average Bonchev–Trinajstić information content (AvgIpc) is 3.20. The van der Waals surface area contributed by atoms with Gasteiger partial charge in [-0.25, -0.2) is 9.59 Å². The molecule has 2 aromatic carbocycles. The number of nitriles is 1. The van der Waals surface area contributed by atoms with Crippen molar-refractivity contribution in [1.82, 2.24) is 0 Å². The maximum absolute atomic E-state index is 12.4. The molecule has 0 bridgehead atoms. The Balaban J connectivity index is 1.82. The van der Waals surface area contributed by atoms with E-state index in [0.29, 0.717) is 16.9 Å². The lowest BCUT2D eigenvalue weighted by Crippen LogP contribution is -2.13. The van der Waals surface area contributed by atoms with Gasteiger partial charge >= 0.3 is 11.9 Å². The Morgan fingerprint density at radius 3 is 2.35 bits per heavy atom. The molecule has 8 heteroatoms. The van der Waals surface area contributed by atoms with E-state index in [2.05, 4.69) is 5.32 Å². The summed E-state index contributed by atoms with van der Waals surface area (Å²) >= 11 is 0. The largest absolute Gasteiger partial charge is 0.478 e. The highest BCUT2D eigenvalue weighted by molar-refractivity contribution is 6.09. The Hall–Kier alpha value is -4.64. The third-order valence-corrected chi connectivity index (χ3v) is 4.38. The number of nitrogens with one attached hydrogen (secondary N) is 1. The number of rotatable bonds is 6. The zero-order valence-corrected chi connectivity index (χ0v) is 16.2. The van der Waals surface area contributed by atoms with Crippen molar-refractivity contribution in [3.63, 3.8) is 0 Å². The van der Waals surface area contributed by atoms with Gasteiger partial charge in [0, 0.05) is 17.3 Å². The predicted octanol–water partition coefficient (Wildman–Crippen LogP) is 4.20. The molecule has 0 aliphatic rings. The van der Waals surface area contributed by atoms with Crippen LogP contribution in [0.25, 0.3) is 17.4 Å². The minimum atomic E-state index is -1.14. The summed E-state index contributed by atoms with van der Waals surface area (Å²) < 4.78 is 5.70. The molecular weight excluding hydrogens is 400 g/mol. The summed E-state index contributed by atoms with van der Waals surface area (Å²) in [5, 5.41) is 29.9. The van der Waals surface area contributed by atoms with Crippen LogP contribution >= 0.6 is 0 Å². The van der Waals surface area contributed by atoms with Crippen molar-refractivity contribution in [3.8, 4) is 17.4 Å². The smallest absolute Gasteiger partial charge is 0.335 e. The number of carboxylic acid groups (broad SMARTS) is 2. The molecule has 3 N–H and O–H groups in total. The van der Waals surface area contributed by atoms with Crippen LogP contribution in [0.3, 0.4) is 0 Å². The molecule has 1 amide bonds. The summed E-state index contributed by atoms with van der Waals surface area (Å²) in [5.74, 6) is -2.18. The topological polar surface area (TPSA) is 141 Å². The molecule has 3 aromatic rings. The molecule has 0 radical (unpaired) electrons. The van der Waals surface area contributed by atoms with E-state index in [0.717, 1.165) is 0 Å². The van der Waals surface area contributed by atoms with Gasteiger partial charge in [-0.3, -0.25) is 4.79 Å². The van der Waals surface area contributed by atoms with E-state index in [1.165, 1.54) is 42.5 Å². The first-order valence-corrected chi connectivity index (χ1v) is 8.99. The minimum absolute atomic E-state index is 0.000232. The number of anilines is 1. The molecule has 0 saturated carbocycles. The van der Waals surface area contributed by atoms with Crippen LogP contribution in [0.15, 0.2) is 64.6 Å². The van der Waals surface area contributed by atoms with E-state index < -0.39 is 17.8 Å². The van der Waals surface area contributed by atoms with Gasteiger partial charge in [0.25, 0.3) is 5.91 Å². The number of carboxylic acids is 2. The lowest BCUT2D eigenvalue weighted by Gasteiger charge is -2.05. The number of amides is 1. The van der Waals surface area contributed by atoms with Crippen LogP contribution in [0, 0.1) is 18.3 Å². The van der Waals surface area contributed by atoms with Gasteiger partial charge in [0.2, 0.25) is 0 Å². The van der Waals surface area contributed by atoms with Crippen LogP contribution in [-0.2, 0) is 4.79 Å². The van der Waals surface area contributed by atoms with Crippen molar-refractivity contribution in [2.24, 2.45) is 0 Å². The van der Waals surface area contributed by atoms with Gasteiger partial charge < -0.3 is 19.9 Å². The van der Waals surface area contributed by atoms with Crippen LogP contribution in [-0.4, -0.2) is 28.1 Å². The van der Waals surface area contributed by atoms with E-state index in [9.17, 15) is 19.6 Å². The number of nitrogens with zero attached hydrogens (tertiary/aromatic N) is 1. The molecule has 0 spiro atoms. The van der Waals surface area contributed by atoms with Crippen LogP contribution < -0.4 is 5.32 Å². The van der Waals surface area contributed by atoms with Gasteiger partial charge in [0.1, 0.15) is 23.2 Å². The van der Waals surface area contributed by atoms with Gasteiger partial charge in [-0.2, -0.15) is 5.26 Å². The molecule has 0 unspecified atom stereocenters. The van der Waals surface area contributed by atoms with Gasteiger partial charge in [-0.15, -0.1) is 0 Å². The second kappa shape index (κ2) is 8.80. The van der Waals surface area contributed by atoms with Crippen LogP contribution in [0.4, 0.5) is 5.69 Å². The third kappa shape index (κ3) is 4.86. The van der Waals surface area contributed by atoms with Crippen LogP contribution in [0.5, 0.6) is 0 Å². The van der Waals surface area contributed by atoms with Crippen LogP contribution in [0.1, 0.15) is 32.0 Å². The summed E-state index contributed by atoms with van der Waals surface area (Å²) in [6.07, 6.45) is 1.26. The minimum Gasteiger partial charge on any atom is -0.478 e. The highest BCUT2D eigenvalue weighted by Gasteiger charge is 2.14. The third-order valence-electron chi connectivity index (χ3n) is 4.38. The lowest BCUT2D eigenvalue weighted by molar-refractivity contribution is -0.112. The summed E-state index contributed by atoms with van der Waals surface area (Å²) in [6, 6.07) is 15.3. The summed E-state index contributed by atoms with van der Waals surface area (Å²) in [4.78, 5) is 34.5. The number of carbonyl (C=O) groups is 3. The molecule has 31 heavy (non-hydrogen) atoms. The second-order valence-corrected chi connectivity index (χ2v) is 6.55. The molecule has 0 fully saturated rings. The SMILES string of the molecule is Cc1cc(C(=O)O)ccc1-c1ccc(/C=C(/C#N)C(=O)Nc2cccc(C(=O)O)c2)o1. The van der Waals surface area contributed by atoms with E-state index in [1.54, 1.807) is 31.2 Å². The Labute approximate surface area is 176 Å². The number of furan rings is 1. The molecule has 0 aliphatic heterocycles. The predicted molar refractivity (Wildman–Crippen MR) is 111 cm³/mol. The normalized spacial score (nSPS) is 10.9. The highest BCUT2D eigenvalue weighted by atomic mass is 16.4. The Bertz CT molecular complexity index is 1260. The van der Waals surface area contributed by atoms with Gasteiger partial charge in [-0.1, -0.05) is 12.1 Å². The van der Waals surface area contributed by atoms with E-state index >= 15 is 0 Å². The number of hydrogen-bond donors (Lipinski definition) is 3. The Kier molecular flexibility index (Phi) is 5.98. The number of hydrogen-bond acceptors (Lipinski definition) is 5. The maximum atomic E-state index is 12.4. The summed E-state index contributed by atoms with van der Waals surface area (Å²) in [7, 11) is 0. The highest BCUT2D eigenvalue weighted by Crippen LogP contribution is 2.27. The summed E-state index contributed by atoms with van der Waals surface area (Å²) in [5.41, 5.74) is 1.53. The van der Waals surface area contributed by atoms with E-state index in [-0.39, 0.29) is 28.1 Å². The second-order valence-electron chi connectivity index (χ2n) is 6.55. The molecule has 0 atom stereocenters. The monoisotopic (exact) mass is 416 g/mol. The van der Waals surface area contributed by atoms with Crippen molar-refractivity contribution < 1.29 is 29.0 Å². The van der Waals surface area contributed by atoms with Crippen molar-refractivity contribution in [3.05, 3.63) is 82.6 Å². The zero-order valence-electron chi connectivity index (χ0n) is 16.2. The Morgan fingerprint density at radius 1 is 1.00 bits per heavy atom. The van der Waals surface area contributed by atoms with Crippen LogP contribution in [0.2, 0.25) is 0 Å². The molecule has 3 rings (SSSR count). The molecule has 1 heterocycles. The number of carbonyl (C=O) groups excluding carboxylic acids is 1. The van der Waals surface area contributed by atoms with Gasteiger partial charge in [-0.05, 0) is 55.0 Å². The number of aryl methyl sites for hydroxylation is 1. The molecule has 154 valence electrons.